The molecule has 5 N–H and O–H groups in total. The second-order valence-electron chi connectivity index (χ2n) is 7.40. The van der Waals surface area contributed by atoms with Crippen LogP contribution in [-0.2, 0) is 29.1 Å². The van der Waals surface area contributed by atoms with Crippen LogP contribution < -0.4 is 16.8 Å². The molecule has 0 radical (unpaired) electrons. The first-order chi connectivity index (χ1) is 14.0. The van der Waals surface area contributed by atoms with Crippen molar-refractivity contribution in [2.75, 3.05) is 6.54 Å². The van der Waals surface area contributed by atoms with Gasteiger partial charge in [-0.05, 0) is 54.6 Å². The number of nitrogens with zero attached hydrogens (tertiary/aromatic N) is 1. The molecule has 2 atom stereocenters. The van der Waals surface area contributed by atoms with Crippen molar-refractivity contribution in [3.8, 4) is 0 Å². The van der Waals surface area contributed by atoms with Crippen molar-refractivity contribution in [3.05, 3.63) is 70.2 Å². The van der Waals surface area contributed by atoms with E-state index in [0.717, 1.165) is 29.7 Å². The second-order valence-corrected chi connectivity index (χ2v) is 7.83. The third-order valence-electron chi connectivity index (χ3n) is 5.31. The normalized spacial score (nSPS) is 17.8. The maximum atomic E-state index is 12.8. The van der Waals surface area contributed by atoms with Crippen LogP contribution in [0.15, 0.2) is 48.5 Å². The molecule has 1 heterocycles. The minimum absolute atomic E-state index is 0.299. The van der Waals surface area contributed by atoms with Crippen molar-refractivity contribution in [1.29, 1.82) is 0 Å². The average Bonchev–Trinajstić information content (AvgIpc) is 3.17. The highest BCUT2D eigenvalue weighted by Gasteiger charge is 2.32. The van der Waals surface area contributed by atoms with E-state index < -0.39 is 11.9 Å². The van der Waals surface area contributed by atoms with E-state index in [2.05, 4.69) is 10.2 Å². The molecule has 7 heteroatoms. The Kier molecular flexibility index (Phi) is 7.39. The number of halogens is 1. The Hall–Kier alpha value is -2.25. The van der Waals surface area contributed by atoms with Crippen molar-refractivity contribution in [1.82, 2.24) is 10.2 Å². The highest BCUT2D eigenvalue weighted by molar-refractivity contribution is 6.30. The smallest absolute Gasteiger partial charge is 0.243 e. The summed E-state index contributed by atoms with van der Waals surface area (Å²) in [6.07, 6.45) is 1.98. The largest absolute Gasteiger partial charge is 0.326 e. The zero-order valence-electron chi connectivity index (χ0n) is 16.3. The van der Waals surface area contributed by atoms with Crippen LogP contribution in [0.3, 0.4) is 0 Å². The van der Waals surface area contributed by atoms with E-state index >= 15 is 0 Å². The molecule has 29 heavy (non-hydrogen) atoms. The Balaban J connectivity index is 1.61. The fourth-order valence-electron chi connectivity index (χ4n) is 3.73. The molecule has 0 unspecified atom stereocenters. The number of amides is 2. The highest BCUT2D eigenvalue weighted by atomic mass is 35.5. The maximum absolute atomic E-state index is 12.8. The first-order valence-corrected chi connectivity index (χ1v) is 10.2. The number of hydrogen-bond acceptors (Lipinski definition) is 5. The number of rotatable bonds is 7. The van der Waals surface area contributed by atoms with Gasteiger partial charge in [0.25, 0.3) is 0 Å². The van der Waals surface area contributed by atoms with E-state index in [0.29, 0.717) is 31.0 Å². The van der Waals surface area contributed by atoms with Crippen molar-refractivity contribution in [2.24, 2.45) is 11.5 Å². The standard InChI is InChI=1S/C22H27ClN4O2/c23-18-9-8-16(13-24)17(12-18)14-27-10-4-7-20(27)22(29)26-21(28)19(25)11-15-5-2-1-3-6-15/h1-3,5-6,8-9,12,19-20H,4,7,10-11,13-14,24-25H2,(H,26,28,29)/t19-,20+/m1/s1. The quantitative estimate of drug-likeness (QED) is 0.643. The lowest BCUT2D eigenvalue weighted by molar-refractivity contribution is -0.133. The molecule has 0 aliphatic carbocycles. The van der Waals surface area contributed by atoms with Crippen LogP contribution >= 0.6 is 11.6 Å². The van der Waals surface area contributed by atoms with Gasteiger partial charge in [0.15, 0.2) is 0 Å². The third-order valence-corrected chi connectivity index (χ3v) is 5.54. The SMILES string of the molecule is NCc1ccc(Cl)cc1CN1CCC[C@H]1C(=O)NC(=O)[C@H](N)Cc1ccccc1. The van der Waals surface area contributed by atoms with Gasteiger partial charge in [-0.2, -0.15) is 0 Å². The summed E-state index contributed by atoms with van der Waals surface area (Å²) in [7, 11) is 0. The number of carbonyl (C=O) groups is 2. The molecule has 3 rings (SSSR count). The Morgan fingerprint density at radius 3 is 2.66 bits per heavy atom. The van der Waals surface area contributed by atoms with Gasteiger partial charge in [0.2, 0.25) is 11.8 Å². The van der Waals surface area contributed by atoms with Gasteiger partial charge in [0.1, 0.15) is 0 Å². The van der Waals surface area contributed by atoms with Crippen molar-refractivity contribution in [2.45, 2.75) is 44.4 Å². The topological polar surface area (TPSA) is 101 Å². The van der Waals surface area contributed by atoms with Crippen LogP contribution in [-0.4, -0.2) is 35.3 Å². The van der Waals surface area contributed by atoms with Gasteiger partial charge >= 0.3 is 0 Å². The Labute approximate surface area is 176 Å². The van der Waals surface area contributed by atoms with Crippen molar-refractivity contribution >= 4 is 23.4 Å². The van der Waals surface area contributed by atoms with Gasteiger partial charge in [0.05, 0.1) is 12.1 Å². The van der Waals surface area contributed by atoms with Crippen LogP contribution in [0.25, 0.3) is 0 Å². The minimum atomic E-state index is -0.770. The molecule has 2 aromatic carbocycles. The lowest BCUT2D eigenvalue weighted by atomic mass is 10.1. The molecule has 0 saturated carbocycles. The fraction of sp³-hybridized carbons (Fsp3) is 0.364. The summed E-state index contributed by atoms with van der Waals surface area (Å²) >= 11 is 6.13. The molecule has 2 amide bonds. The van der Waals surface area contributed by atoms with Gasteiger partial charge in [0, 0.05) is 18.1 Å². The summed E-state index contributed by atoms with van der Waals surface area (Å²) in [5.74, 6) is -0.747. The van der Waals surface area contributed by atoms with E-state index in [9.17, 15) is 9.59 Å². The first kappa shape index (κ1) is 21.5. The Morgan fingerprint density at radius 1 is 1.17 bits per heavy atom. The monoisotopic (exact) mass is 414 g/mol. The molecule has 0 spiro atoms. The molecule has 0 aromatic heterocycles. The fourth-order valence-corrected chi connectivity index (χ4v) is 3.92. The van der Waals surface area contributed by atoms with E-state index in [1.807, 2.05) is 48.5 Å². The highest BCUT2D eigenvalue weighted by Crippen LogP contribution is 2.24. The van der Waals surface area contributed by atoms with Crippen LogP contribution in [0, 0.1) is 0 Å². The minimum Gasteiger partial charge on any atom is -0.326 e. The Morgan fingerprint density at radius 2 is 1.93 bits per heavy atom. The molecule has 1 fully saturated rings. The first-order valence-electron chi connectivity index (χ1n) is 9.83. The molecule has 1 saturated heterocycles. The van der Waals surface area contributed by atoms with E-state index in [1.54, 1.807) is 0 Å². The molecular weight excluding hydrogens is 388 g/mol. The van der Waals surface area contributed by atoms with Crippen LogP contribution in [0.4, 0.5) is 0 Å². The number of benzene rings is 2. The number of carbonyl (C=O) groups excluding carboxylic acids is 2. The zero-order chi connectivity index (χ0) is 20.8. The summed E-state index contributed by atoms with van der Waals surface area (Å²) in [5.41, 5.74) is 14.8. The Bertz CT molecular complexity index is 859. The lowest BCUT2D eigenvalue weighted by Gasteiger charge is -2.25. The van der Waals surface area contributed by atoms with E-state index in [1.165, 1.54) is 0 Å². The average molecular weight is 415 g/mol. The predicted molar refractivity (Wildman–Crippen MR) is 114 cm³/mol. The third kappa shape index (κ3) is 5.64. The number of imide groups is 1. The van der Waals surface area contributed by atoms with Crippen LogP contribution in [0.5, 0.6) is 0 Å². The van der Waals surface area contributed by atoms with Crippen LogP contribution in [0.1, 0.15) is 29.5 Å². The van der Waals surface area contributed by atoms with Gasteiger partial charge in [-0.3, -0.25) is 19.8 Å². The molecular formula is C22H27ClN4O2. The van der Waals surface area contributed by atoms with Gasteiger partial charge in [-0.25, -0.2) is 0 Å². The van der Waals surface area contributed by atoms with Crippen molar-refractivity contribution < 1.29 is 9.59 Å². The second kappa shape index (κ2) is 9.98. The van der Waals surface area contributed by atoms with E-state index in [-0.39, 0.29) is 11.9 Å². The summed E-state index contributed by atoms with van der Waals surface area (Å²) < 4.78 is 0. The zero-order valence-corrected chi connectivity index (χ0v) is 17.1. The summed E-state index contributed by atoms with van der Waals surface area (Å²) in [6.45, 7) is 1.75. The molecule has 1 aliphatic heterocycles. The molecule has 0 bridgehead atoms. The summed E-state index contributed by atoms with van der Waals surface area (Å²) in [4.78, 5) is 27.2. The molecule has 6 nitrogen and oxygen atoms in total. The molecule has 1 aliphatic rings. The van der Waals surface area contributed by atoms with Crippen molar-refractivity contribution in [3.63, 3.8) is 0 Å². The predicted octanol–water partition coefficient (Wildman–Crippen LogP) is 1.98. The molecule has 154 valence electrons. The van der Waals surface area contributed by atoms with Gasteiger partial charge in [-0.1, -0.05) is 48.0 Å². The lowest BCUT2D eigenvalue weighted by Crippen LogP contribution is -2.50. The maximum Gasteiger partial charge on any atom is 0.243 e. The number of likely N-dealkylation sites (tertiary alicyclic amines) is 1. The summed E-state index contributed by atoms with van der Waals surface area (Å²) in [5, 5.41) is 3.14. The number of nitrogens with two attached hydrogens (primary N) is 2. The number of hydrogen-bond donors (Lipinski definition) is 3. The van der Waals surface area contributed by atoms with Gasteiger partial charge < -0.3 is 11.5 Å². The van der Waals surface area contributed by atoms with Crippen LogP contribution in [0.2, 0.25) is 5.02 Å². The summed E-state index contributed by atoms with van der Waals surface area (Å²) in [6, 6.07) is 14.0. The number of nitrogens with one attached hydrogen (secondary N) is 1. The molecule has 2 aromatic rings. The van der Waals surface area contributed by atoms with Gasteiger partial charge in [-0.15, -0.1) is 0 Å². The van der Waals surface area contributed by atoms with E-state index in [4.69, 9.17) is 23.1 Å².